The number of hydrogen-bond donors (Lipinski definition) is 3. The van der Waals surface area contributed by atoms with Crippen molar-refractivity contribution in [2.45, 2.75) is 0 Å². The molecule has 1 aromatic carbocycles. The Morgan fingerprint density at radius 3 is 2.27 bits per heavy atom. The smallest absolute Gasteiger partial charge is 0.253 e. The van der Waals surface area contributed by atoms with Gasteiger partial charge in [0.2, 0.25) is 0 Å². The number of benzene rings is 1. The maximum absolute atomic E-state index is 10.9. The molecule has 1 aromatic rings. The molecular formula is C8H8Cl3N3O. The van der Waals surface area contributed by atoms with Gasteiger partial charge in [0.25, 0.3) is 5.91 Å². The minimum Gasteiger partial charge on any atom is -0.374 e. The van der Waals surface area contributed by atoms with E-state index in [1.807, 2.05) is 5.43 Å². The van der Waals surface area contributed by atoms with Crippen LogP contribution >= 0.6 is 34.8 Å². The monoisotopic (exact) mass is 267 g/mol. The molecule has 0 aliphatic rings. The van der Waals surface area contributed by atoms with Gasteiger partial charge in [0.05, 0.1) is 22.3 Å². The maximum Gasteiger partial charge on any atom is 0.253 e. The van der Waals surface area contributed by atoms with E-state index < -0.39 is 0 Å². The molecule has 0 heterocycles. The number of carbonyl (C=O) groups is 1. The Bertz CT molecular complexity index is 360. The van der Waals surface area contributed by atoms with Crippen LogP contribution in [0.3, 0.4) is 0 Å². The first-order valence-electron chi connectivity index (χ1n) is 3.92. The lowest BCUT2D eigenvalue weighted by Crippen LogP contribution is -2.35. The van der Waals surface area contributed by atoms with Gasteiger partial charge in [0.1, 0.15) is 0 Å². The molecule has 4 nitrogen and oxygen atoms in total. The Balaban J connectivity index is 2.81. The first-order chi connectivity index (χ1) is 7.04. The fourth-order valence-corrected chi connectivity index (χ4v) is 1.88. The number of rotatable bonds is 3. The van der Waals surface area contributed by atoms with Crippen LogP contribution in [0.2, 0.25) is 15.1 Å². The zero-order chi connectivity index (χ0) is 11.4. The predicted molar refractivity (Wildman–Crippen MR) is 62.3 cm³/mol. The van der Waals surface area contributed by atoms with Crippen molar-refractivity contribution in [2.24, 2.45) is 5.84 Å². The number of halogens is 3. The van der Waals surface area contributed by atoms with Gasteiger partial charge in [0, 0.05) is 5.02 Å². The standard InChI is InChI=1S/C8H8Cl3N3O/c9-4-1-5(10)8(6(11)2-4)13-3-7(15)14-12/h1-2,13H,3,12H2,(H,14,15). The normalized spacial score (nSPS) is 9.87. The number of nitrogens with two attached hydrogens (primary N) is 1. The number of carbonyl (C=O) groups excluding carboxylic acids is 1. The van der Waals surface area contributed by atoms with Crippen molar-refractivity contribution in [3.8, 4) is 0 Å². The minimum absolute atomic E-state index is 0.0163. The lowest BCUT2D eigenvalue weighted by molar-refractivity contribution is -0.119. The highest BCUT2D eigenvalue weighted by molar-refractivity contribution is 6.41. The van der Waals surface area contributed by atoms with Gasteiger partial charge in [0.15, 0.2) is 0 Å². The molecule has 0 radical (unpaired) electrons. The van der Waals surface area contributed by atoms with E-state index in [0.717, 1.165) is 0 Å². The lowest BCUT2D eigenvalue weighted by atomic mass is 10.3. The van der Waals surface area contributed by atoms with E-state index in [1.54, 1.807) is 0 Å². The molecule has 82 valence electrons. The molecule has 0 saturated carbocycles. The van der Waals surface area contributed by atoms with Crippen LogP contribution in [0.5, 0.6) is 0 Å². The van der Waals surface area contributed by atoms with Gasteiger partial charge in [-0.2, -0.15) is 0 Å². The second kappa shape index (κ2) is 5.42. The first kappa shape index (κ1) is 12.4. The average Bonchev–Trinajstić information content (AvgIpc) is 2.15. The molecule has 0 aliphatic carbocycles. The van der Waals surface area contributed by atoms with Crippen LogP contribution in [0.4, 0.5) is 5.69 Å². The summed E-state index contributed by atoms with van der Waals surface area (Å²) in [4.78, 5) is 10.9. The number of anilines is 1. The van der Waals surface area contributed by atoms with Crippen LogP contribution in [0.15, 0.2) is 12.1 Å². The molecule has 0 bridgehead atoms. The van der Waals surface area contributed by atoms with Gasteiger partial charge in [-0.15, -0.1) is 0 Å². The number of hydrazine groups is 1. The van der Waals surface area contributed by atoms with Gasteiger partial charge in [-0.05, 0) is 12.1 Å². The summed E-state index contributed by atoms with van der Waals surface area (Å²) in [6, 6.07) is 3.05. The van der Waals surface area contributed by atoms with Gasteiger partial charge in [-0.25, -0.2) is 5.84 Å². The van der Waals surface area contributed by atoms with Crippen LogP contribution in [0.25, 0.3) is 0 Å². The maximum atomic E-state index is 10.9. The highest BCUT2D eigenvalue weighted by Gasteiger charge is 2.08. The predicted octanol–water partition coefficient (Wildman–Crippen LogP) is 2.05. The van der Waals surface area contributed by atoms with Crippen LogP contribution in [-0.4, -0.2) is 12.5 Å². The molecule has 0 spiro atoms. The van der Waals surface area contributed by atoms with Crippen molar-refractivity contribution in [3.05, 3.63) is 27.2 Å². The van der Waals surface area contributed by atoms with Crippen LogP contribution in [0.1, 0.15) is 0 Å². The number of amides is 1. The second-order valence-corrected chi connectivity index (χ2v) is 3.92. The summed E-state index contributed by atoms with van der Waals surface area (Å²) in [5.41, 5.74) is 2.42. The molecule has 0 aliphatic heterocycles. The van der Waals surface area contributed by atoms with Crippen molar-refractivity contribution < 1.29 is 4.79 Å². The molecule has 1 amide bonds. The Hall–Kier alpha value is -0.680. The molecule has 0 unspecified atom stereocenters. The zero-order valence-electron chi connectivity index (χ0n) is 7.48. The third kappa shape index (κ3) is 3.43. The fraction of sp³-hybridized carbons (Fsp3) is 0.125. The summed E-state index contributed by atoms with van der Waals surface area (Å²) in [5, 5.41) is 3.86. The molecule has 0 fully saturated rings. The fourth-order valence-electron chi connectivity index (χ4n) is 0.931. The van der Waals surface area contributed by atoms with Gasteiger partial charge < -0.3 is 5.32 Å². The van der Waals surface area contributed by atoms with Gasteiger partial charge in [-0.3, -0.25) is 10.2 Å². The Kier molecular flexibility index (Phi) is 4.47. The minimum atomic E-state index is -0.378. The van der Waals surface area contributed by atoms with Crippen molar-refractivity contribution in [1.82, 2.24) is 5.43 Å². The Labute approximate surface area is 102 Å². The van der Waals surface area contributed by atoms with E-state index in [2.05, 4.69) is 5.32 Å². The van der Waals surface area contributed by atoms with Crippen molar-refractivity contribution in [1.29, 1.82) is 0 Å². The van der Waals surface area contributed by atoms with E-state index in [4.69, 9.17) is 40.6 Å². The third-order valence-corrected chi connectivity index (χ3v) is 2.41. The average molecular weight is 269 g/mol. The highest BCUT2D eigenvalue weighted by atomic mass is 35.5. The molecule has 0 aromatic heterocycles. The van der Waals surface area contributed by atoms with E-state index in [1.165, 1.54) is 12.1 Å². The molecule has 0 saturated heterocycles. The van der Waals surface area contributed by atoms with Crippen LogP contribution in [-0.2, 0) is 4.79 Å². The molecule has 1 rings (SSSR count). The summed E-state index contributed by atoms with van der Waals surface area (Å²) in [6.07, 6.45) is 0. The van der Waals surface area contributed by atoms with E-state index in [9.17, 15) is 4.79 Å². The summed E-state index contributed by atoms with van der Waals surface area (Å²) in [7, 11) is 0. The Morgan fingerprint density at radius 2 is 1.80 bits per heavy atom. The SMILES string of the molecule is NNC(=O)CNc1c(Cl)cc(Cl)cc1Cl. The summed E-state index contributed by atoms with van der Waals surface area (Å²) in [6.45, 7) is -0.0163. The first-order valence-corrected chi connectivity index (χ1v) is 5.06. The summed E-state index contributed by atoms with van der Waals surface area (Å²) >= 11 is 17.5. The topological polar surface area (TPSA) is 67.1 Å². The van der Waals surface area contributed by atoms with Crippen molar-refractivity contribution >= 4 is 46.4 Å². The lowest BCUT2D eigenvalue weighted by Gasteiger charge is -2.09. The van der Waals surface area contributed by atoms with E-state index in [0.29, 0.717) is 20.8 Å². The van der Waals surface area contributed by atoms with Crippen LogP contribution < -0.4 is 16.6 Å². The van der Waals surface area contributed by atoms with Crippen molar-refractivity contribution in [2.75, 3.05) is 11.9 Å². The molecule has 7 heteroatoms. The van der Waals surface area contributed by atoms with E-state index in [-0.39, 0.29) is 12.5 Å². The summed E-state index contributed by atoms with van der Waals surface area (Å²) in [5.74, 6) is 4.53. The van der Waals surface area contributed by atoms with Gasteiger partial charge in [-0.1, -0.05) is 34.8 Å². The highest BCUT2D eigenvalue weighted by Crippen LogP contribution is 2.33. The van der Waals surface area contributed by atoms with E-state index >= 15 is 0 Å². The third-order valence-electron chi connectivity index (χ3n) is 1.59. The van der Waals surface area contributed by atoms with Gasteiger partial charge >= 0.3 is 0 Å². The largest absolute Gasteiger partial charge is 0.374 e. The zero-order valence-corrected chi connectivity index (χ0v) is 9.75. The molecule has 0 atom stereocenters. The Morgan fingerprint density at radius 1 is 1.27 bits per heavy atom. The molecule has 4 N–H and O–H groups in total. The van der Waals surface area contributed by atoms with Crippen LogP contribution in [0, 0.1) is 0 Å². The quantitative estimate of drug-likeness (QED) is 0.446. The second-order valence-electron chi connectivity index (χ2n) is 2.67. The van der Waals surface area contributed by atoms with Crippen molar-refractivity contribution in [3.63, 3.8) is 0 Å². The number of nitrogens with one attached hydrogen (secondary N) is 2. The molecule has 15 heavy (non-hydrogen) atoms. The number of hydrogen-bond acceptors (Lipinski definition) is 3. The summed E-state index contributed by atoms with van der Waals surface area (Å²) < 4.78 is 0. The molecular weight excluding hydrogens is 260 g/mol.